The smallest absolute Gasteiger partial charge is 0.342 e. The average Bonchev–Trinajstić information content (AvgIpc) is 3.18. The highest BCUT2D eigenvalue weighted by Crippen LogP contribution is 2.24. The zero-order valence-corrected chi connectivity index (χ0v) is 17.5. The largest absolute Gasteiger partial charge is 0.488 e. The number of halogens is 1. The molecule has 3 rings (SSSR count). The van der Waals surface area contributed by atoms with Crippen molar-refractivity contribution in [2.24, 2.45) is 0 Å². The standard InChI is InChI=1S/C21H15BrN2O4S/c22-17-7-3-1-5-15(17)12-27-18-8-4-2-6-16(18)21(26)28-13-19(25)24-20-14(11-23)9-10-29-20/h1-10H,12-13H2,(H,24,25). The highest BCUT2D eigenvalue weighted by Gasteiger charge is 2.16. The van der Waals surface area contributed by atoms with Crippen LogP contribution in [-0.2, 0) is 16.1 Å². The summed E-state index contributed by atoms with van der Waals surface area (Å²) < 4.78 is 11.8. The van der Waals surface area contributed by atoms with Gasteiger partial charge in [-0.2, -0.15) is 5.26 Å². The van der Waals surface area contributed by atoms with Gasteiger partial charge in [0, 0.05) is 10.0 Å². The second-order valence-electron chi connectivity index (χ2n) is 5.78. The van der Waals surface area contributed by atoms with Gasteiger partial charge >= 0.3 is 5.97 Å². The number of thiophene rings is 1. The van der Waals surface area contributed by atoms with Crippen LogP contribution in [0.15, 0.2) is 64.5 Å². The zero-order chi connectivity index (χ0) is 20.6. The number of benzene rings is 2. The average molecular weight is 471 g/mol. The third kappa shape index (κ3) is 5.44. The lowest BCUT2D eigenvalue weighted by molar-refractivity contribution is -0.119. The lowest BCUT2D eigenvalue weighted by Crippen LogP contribution is -2.21. The quantitative estimate of drug-likeness (QED) is 0.503. The van der Waals surface area contributed by atoms with Crippen molar-refractivity contribution in [3.05, 3.63) is 81.1 Å². The molecule has 0 bridgehead atoms. The van der Waals surface area contributed by atoms with Crippen LogP contribution < -0.4 is 10.1 Å². The van der Waals surface area contributed by atoms with Gasteiger partial charge in [0.2, 0.25) is 0 Å². The third-order valence-corrected chi connectivity index (χ3v) is 5.42. The molecule has 0 aliphatic carbocycles. The van der Waals surface area contributed by atoms with Gasteiger partial charge in [-0.05, 0) is 29.6 Å². The van der Waals surface area contributed by atoms with E-state index in [1.807, 2.05) is 30.3 Å². The molecule has 0 aliphatic heterocycles. The first kappa shape index (κ1) is 20.6. The number of nitriles is 1. The van der Waals surface area contributed by atoms with Gasteiger partial charge in [0.15, 0.2) is 6.61 Å². The predicted molar refractivity (Wildman–Crippen MR) is 113 cm³/mol. The Morgan fingerprint density at radius 1 is 1.10 bits per heavy atom. The second-order valence-corrected chi connectivity index (χ2v) is 7.55. The maximum Gasteiger partial charge on any atom is 0.342 e. The van der Waals surface area contributed by atoms with Crippen LogP contribution in [0.2, 0.25) is 0 Å². The number of para-hydroxylation sites is 1. The number of anilines is 1. The van der Waals surface area contributed by atoms with Crippen molar-refractivity contribution in [2.45, 2.75) is 6.61 Å². The van der Waals surface area contributed by atoms with Crippen molar-refractivity contribution >= 4 is 44.1 Å². The molecule has 6 nitrogen and oxygen atoms in total. The third-order valence-electron chi connectivity index (χ3n) is 3.82. The summed E-state index contributed by atoms with van der Waals surface area (Å²) in [4.78, 5) is 24.5. The van der Waals surface area contributed by atoms with Crippen LogP contribution >= 0.6 is 27.3 Å². The molecule has 0 saturated carbocycles. The fourth-order valence-corrected chi connectivity index (χ4v) is 3.55. The molecule has 29 heavy (non-hydrogen) atoms. The Balaban J connectivity index is 1.60. The van der Waals surface area contributed by atoms with Crippen molar-refractivity contribution < 1.29 is 19.1 Å². The molecule has 0 atom stereocenters. The van der Waals surface area contributed by atoms with E-state index >= 15 is 0 Å². The molecular weight excluding hydrogens is 456 g/mol. The minimum Gasteiger partial charge on any atom is -0.488 e. The maximum atomic E-state index is 12.4. The highest BCUT2D eigenvalue weighted by molar-refractivity contribution is 9.10. The van der Waals surface area contributed by atoms with Crippen LogP contribution in [0, 0.1) is 11.3 Å². The Kier molecular flexibility index (Phi) is 7.00. The van der Waals surface area contributed by atoms with E-state index in [9.17, 15) is 9.59 Å². The molecule has 8 heteroatoms. The molecule has 0 aliphatic rings. The first-order valence-corrected chi connectivity index (χ1v) is 10.2. The minimum atomic E-state index is -0.672. The van der Waals surface area contributed by atoms with Gasteiger partial charge in [-0.25, -0.2) is 4.79 Å². The molecule has 1 N–H and O–H groups in total. The molecule has 0 fully saturated rings. The van der Waals surface area contributed by atoms with Crippen LogP contribution in [-0.4, -0.2) is 18.5 Å². The number of amides is 1. The molecule has 0 radical (unpaired) electrons. The summed E-state index contributed by atoms with van der Waals surface area (Å²) >= 11 is 4.68. The first-order valence-electron chi connectivity index (χ1n) is 8.48. The fraction of sp³-hybridized carbons (Fsp3) is 0.0952. The van der Waals surface area contributed by atoms with Gasteiger partial charge in [0.25, 0.3) is 5.91 Å². The lowest BCUT2D eigenvalue weighted by Gasteiger charge is -2.12. The van der Waals surface area contributed by atoms with Crippen molar-refractivity contribution in [1.29, 1.82) is 5.26 Å². The van der Waals surface area contributed by atoms with Gasteiger partial charge in [-0.3, -0.25) is 4.79 Å². The Morgan fingerprint density at radius 2 is 1.86 bits per heavy atom. The van der Waals surface area contributed by atoms with Crippen LogP contribution in [0.1, 0.15) is 21.5 Å². The number of hydrogen-bond acceptors (Lipinski definition) is 6. The van der Waals surface area contributed by atoms with Gasteiger partial charge in [0.05, 0.1) is 5.56 Å². The van der Waals surface area contributed by atoms with Crippen molar-refractivity contribution in [3.8, 4) is 11.8 Å². The van der Waals surface area contributed by atoms with Crippen molar-refractivity contribution in [3.63, 3.8) is 0 Å². The number of nitrogens with one attached hydrogen (secondary N) is 1. The van der Waals surface area contributed by atoms with E-state index in [4.69, 9.17) is 14.7 Å². The lowest BCUT2D eigenvalue weighted by atomic mass is 10.2. The molecule has 2 aromatic carbocycles. The summed E-state index contributed by atoms with van der Waals surface area (Å²) in [6, 6.07) is 17.9. The van der Waals surface area contributed by atoms with Crippen molar-refractivity contribution in [2.75, 3.05) is 11.9 Å². The molecule has 1 aromatic heterocycles. The van der Waals surface area contributed by atoms with E-state index in [-0.39, 0.29) is 12.2 Å². The van der Waals surface area contributed by atoms with Gasteiger partial charge in [0.1, 0.15) is 29.0 Å². The molecule has 1 amide bonds. The molecule has 0 unspecified atom stereocenters. The van der Waals surface area contributed by atoms with Crippen LogP contribution in [0.25, 0.3) is 0 Å². The van der Waals surface area contributed by atoms with E-state index in [0.717, 1.165) is 10.0 Å². The number of carbonyl (C=O) groups is 2. The summed E-state index contributed by atoms with van der Waals surface area (Å²) in [5.74, 6) is -0.836. The predicted octanol–water partition coefficient (Wildman–Crippen LogP) is 4.76. The van der Waals surface area contributed by atoms with Crippen LogP contribution in [0.4, 0.5) is 5.00 Å². The highest BCUT2D eigenvalue weighted by atomic mass is 79.9. The van der Waals surface area contributed by atoms with Crippen LogP contribution in [0.3, 0.4) is 0 Å². The van der Waals surface area contributed by atoms with E-state index in [1.54, 1.807) is 35.7 Å². The Labute approximate surface area is 179 Å². The van der Waals surface area contributed by atoms with Gasteiger partial charge in [-0.15, -0.1) is 11.3 Å². The molecule has 1 heterocycles. The van der Waals surface area contributed by atoms with Crippen LogP contribution in [0.5, 0.6) is 5.75 Å². The monoisotopic (exact) mass is 470 g/mol. The number of hydrogen-bond donors (Lipinski definition) is 1. The maximum absolute atomic E-state index is 12.4. The van der Waals surface area contributed by atoms with E-state index in [0.29, 0.717) is 16.3 Å². The molecule has 0 saturated heterocycles. The molecule has 146 valence electrons. The number of ether oxygens (including phenoxy) is 2. The number of nitrogens with zero attached hydrogens (tertiary/aromatic N) is 1. The van der Waals surface area contributed by atoms with E-state index < -0.39 is 18.5 Å². The minimum absolute atomic E-state index is 0.223. The molecule has 3 aromatic rings. The summed E-state index contributed by atoms with van der Waals surface area (Å²) in [6.07, 6.45) is 0. The topological polar surface area (TPSA) is 88.4 Å². The SMILES string of the molecule is N#Cc1ccsc1NC(=O)COC(=O)c1ccccc1OCc1ccccc1Br. The first-order chi connectivity index (χ1) is 14.1. The normalized spacial score (nSPS) is 10.1. The zero-order valence-electron chi connectivity index (χ0n) is 15.1. The Bertz CT molecular complexity index is 1070. The van der Waals surface area contributed by atoms with Gasteiger partial charge < -0.3 is 14.8 Å². The Hall–Kier alpha value is -3.15. The molecular formula is C21H15BrN2O4S. The number of carbonyl (C=O) groups excluding carboxylic acids is 2. The fourth-order valence-electron chi connectivity index (χ4n) is 2.40. The Morgan fingerprint density at radius 3 is 2.66 bits per heavy atom. The summed E-state index contributed by atoms with van der Waals surface area (Å²) in [6.45, 7) is -0.207. The molecule has 0 spiro atoms. The summed E-state index contributed by atoms with van der Waals surface area (Å²) in [7, 11) is 0. The number of rotatable bonds is 7. The summed E-state index contributed by atoms with van der Waals surface area (Å²) in [5.41, 5.74) is 1.51. The van der Waals surface area contributed by atoms with Gasteiger partial charge in [-0.1, -0.05) is 46.3 Å². The number of esters is 1. The second kappa shape index (κ2) is 9.87. The van der Waals surface area contributed by atoms with E-state index in [1.165, 1.54) is 11.3 Å². The van der Waals surface area contributed by atoms with E-state index in [2.05, 4.69) is 21.2 Å². The van der Waals surface area contributed by atoms with Crippen molar-refractivity contribution in [1.82, 2.24) is 0 Å². The summed E-state index contributed by atoms with van der Waals surface area (Å²) in [5, 5.41) is 13.6.